The molecular formula is C27H38N2O4S2. The second-order valence-corrected chi connectivity index (χ2v) is 12.1. The van der Waals surface area contributed by atoms with Crippen molar-refractivity contribution in [2.45, 2.75) is 70.0 Å². The van der Waals surface area contributed by atoms with Crippen LogP contribution < -0.4 is 0 Å². The summed E-state index contributed by atoms with van der Waals surface area (Å²) in [4.78, 5) is 31.0. The number of nitrogens with zero attached hydrogens (tertiary/aromatic N) is 2. The van der Waals surface area contributed by atoms with Crippen LogP contribution in [-0.2, 0) is 19.9 Å². The predicted octanol–water partition coefficient (Wildman–Crippen LogP) is 4.87. The van der Waals surface area contributed by atoms with Crippen molar-refractivity contribution in [1.82, 2.24) is 9.80 Å². The van der Waals surface area contributed by atoms with Crippen LogP contribution in [0.2, 0.25) is 0 Å². The van der Waals surface area contributed by atoms with Crippen LogP contribution in [0.15, 0.2) is 35.0 Å². The van der Waals surface area contributed by atoms with Gasteiger partial charge in [-0.1, -0.05) is 31.9 Å². The number of ether oxygens (including phenoxy) is 1. The molecule has 0 radical (unpaired) electrons. The molecule has 3 heterocycles. The molecule has 1 N–H and O–H groups in total. The van der Waals surface area contributed by atoms with E-state index >= 15 is 0 Å². The zero-order chi connectivity index (χ0) is 24.9. The monoisotopic (exact) mass is 518 g/mol. The zero-order valence-corrected chi connectivity index (χ0v) is 22.5. The van der Waals surface area contributed by atoms with Crippen LogP contribution >= 0.6 is 22.7 Å². The summed E-state index contributed by atoms with van der Waals surface area (Å²) in [7, 11) is 1.91. The molecule has 0 bridgehead atoms. The summed E-state index contributed by atoms with van der Waals surface area (Å²) in [6.07, 6.45) is 7.72. The average Bonchev–Trinajstić information content (AvgIpc) is 3.57. The lowest BCUT2D eigenvalue weighted by atomic mass is 9.61. The van der Waals surface area contributed by atoms with E-state index in [1.54, 1.807) is 12.1 Å². The normalized spacial score (nSPS) is 18.4. The minimum Gasteiger partial charge on any atom is -0.460 e. The second kappa shape index (κ2) is 11.5. The van der Waals surface area contributed by atoms with Crippen molar-refractivity contribution in [2.24, 2.45) is 5.41 Å². The van der Waals surface area contributed by atoms with Gasteiger partial charge in [0.1, 0.15) is 6.10 Å². The highest BCUT2D eigenvalue weighted by molar-refractivity contribution is 7.12. The average molecular weight is 519 g/mol. The molecule has 0 unspecified atom stereocenters. The Hall–Kier alpha value is -1.74. The van der Waals surface area contributed by atoms with E-state index in [1.165, 1.54) is 35.5 Å². The summed E-state index contributed by atoms with van der Waals surface area (Å²) in [5.41, 5.74) is -1.50. The minimum absolute atomic E-state index is 0.140. The minimum atomic E-state index is -1.73. The van der Waals surface area contributed by atoms with Crippen LogP contribution in [0.4, 0.5) is 0 Å². The molecule has 4 rings (SSSR count). The standard InChI is InChI=1S/C27H38N2O4S2/c1-3-4-5-13-28(2)24(30)10-14-29-15-11-26(12-16-29)19-21(20-26)33-25(31)27(32,22-8-6-17-34-22)23-9-7-18-35-23/h6-9,17-18,21,32H,3-5,10-16,19-20H2,1-2H3. The third-order valence-corrected chi connectivity index (χ3v) is 9.68. The maximum Gasteiger partial charge on any atom is 0.349 e. The fourth-order valence-corrected chi connectivity index (χ4v) is 7.06. The number of likely N-dealkylation sites (tertiary alicyclic amines) is 1. The van der Waals surface area contributed by atoms with Crippen LogP contribution in [0.5, 0.6) is 0 Å². The van der Waals surface area contributed by atoms with E-state index in [-0.39, 0.29) is 17.4 Å². The van der Waals surface area contributed by atoms with Crippen LogP contribution in [0, 0.1) is 5.41 Å². The molecule has 192 valence electrons. The van der Waals surface area contributed by atoms with Crippen LogP contribution in [0.3, 0.4) is 0 Å². The van der Waals surface area contributed by atoms with Gasteiger partial charge in [0.05, 0.1) is 9.75 Å². The van der Waals surface area contributed by atoms with Crippen molar-refractivity contribution in [2.75, 3.05) is 33.2 Å². The first kappa shape index (κ1) is 26.3. The topological polar surface area (TPSA) is 70.1 Å². The molecule has 2 aromatic rings. The molecule has 1 aliphatic heterocycles. The predicted molar refractivity (Wildman–Crippen MR) is 141 cm³/mol. The number of hydrogen-bond acceptors (Lipinski definition) is 7. The first-order valence-electron chi connectivity index (χ1n) is 12.8. The molecular weight excluding hydrogens is 480 g/mol. The van der Waals surface area contributed by atoms with E-state index in [9.17, 15) is 14.7 Å². The fraction of sp³-hybridized carbons (Fsp3) is 0.630. The fourth-order valence-electron chi connectivity index (χ4n) is 5.35. The van der Waals surface area contributed by atoms with E-state index in [0.29, 0.717) is 16.2 Å². The number of carbonyl (C=O) groups is 2. The van der Waals surface area contributed by atoms with Crippen molar-refractivity contribution in [3.05, 3.63) is 44.8 Å². The molecule has 1 spiro atoms. The van der Waals surface area contributed by atoms with Gasteiger partial charge in [-0.15, -0.1) is 22.7 Å². The maximum atomic E-state index is 13.2. The smallest absolute Gasteiger partial charge is 0.349 e. The summed E-state index contributed by atoms with van der Waals surface area (Å²) in [6, 6.07) is 7.26. The van der Waals surface area contributed by atoms with Crippen LogP contribution in [-0.4, -0.2) is 66.1 Å². The van der Waals surface area contributed by atoms with Gasteiger partial charge in [-0.2, -0.15) is 0 Å². The first-order valence-corrected chi connectivity index (χ1v) is 14.6. The Morgan fingerprint density at radius 3 is 2.31 bits per heavy atom. The summed E-state index contributed by atoms with van der Waals surface area (Å²) in [6.45, 7) is 5.82. The number of amides is 1. The van der Waals surface area contributed by atoms with Gasteiger partial charge < -0.3 is 19.6 Å². The number of esters is 1. The van der Waals surface area contributed by atoms with E-state index in [4.69, 9.17) is 4.74 Å². The van der Waals surface area contributed by atoms with Gasteiger partial charge in [-0.3, -0.25) is 4.79 Å². The molecule has 2 aliphatic rings. The van der Waals surface area contributed by atoms with Crippen LogP contribution in [0.1, 0.15) is 68.0 Å². The number of aliphatic hydroxyl groups is 1. The molecule has 2 fully saturated rings. The lowest BCUT2D eigenvalue weighted by Crippen LogP contribution is -2.52. The summed E-state index contributed by atoms with van der Waals surface area (Å²) >= 11 is 2.73. The van der Waals surface area contributed by atoms with Gasteiger partial charge in [-0.05, 0) is 73.5 Å². The number of thiophene rings is 2. The van der Waals surface area contributed by atoms with Crippen molar-refractivity contribution in [1.29, 1.82) is 0 Å². The molecule has 8 heteroatoms. The highest BCUT2D eigenvalue weighted by Crippen LogP contribution is 2.51. The number of hydrogen-bond donors (Lipinski definition) is 1. The number of piperidine rings is 1. The van der Waals surface area contributed by atoms with Gasteiger partial charge >= 0.3 is 5.97 Å². The summed E-state index contributed by atoms with van der Waals surface area (Å²) in [5, 5.41) is 15.2. The maximum absolute atomic E-state index is 13.2. The Labute approximate surface area is 216 Å². The molecule has 1 amide bonds. The molecule has 1 saturated heterocycles. The summed E-state index contributed by atoms with van der Waals surface area (Å²) in [5.74, 6) is -0.331. The SMILES string of the molecule is CCCCCN(C)C(=O)CCN1CCC2(CC1)CC(OC(=O)C(O)(c1cccs1)c1cccs1)C2. The Morgan fingerprint density at radius 1 is 1.14 bits per heavy atom. The van der Waals surface area contributed by atoms with Crippen molar-refractivity contribution >= 4 is 34.6 Å². The van der Waals surface area contributed by atoms with Gasteiger partial charge in [0.15, 0.2) is 0 Å². The second-order valence-electron chi connectivity index (χ2n) is 10.2. The lowest BCUT2D eigenvalue weighted by Gasteiger charge is -2.51. The van der Waals surface area contributed by atoms with Gasteiger partial charge in [0.25, 0.3) is 0 Å². The van der Waals surface area contributed by atoms with Gasteiger partial charge in [-0.25, -0.2) is 4.79 Å². The molecule has 35 heavy (non-hydrogen) atoms. The Balaban J connectivity index is 1.22. The number of carbonyl (C=O) groups excluding carboxylic acids is 2. The highest BCUT2D eigenvalue weighted by Gasteiger charge is 2.51. The largest absolute Gasteiger partial charge is 0.460 e. The lowest BCUT2D eigenvalue weighted by molar-refractivity contribution is -0.181. The van der Waals surface area contributed by atoms with E-state index in [0.717, 1.165) is 58.3 Å². The molecule has 1 saturated carbocycles. The van der Waals surface area contributed by atoms with E-state index in [1.807, 2.05) is 34.8 Å². The highest BCUT2D eigenvalue weighted by atomic mass is 32.1. The molecule has 0 aromatic carbocycles. The van der Waals surface area contributed by atoms with E-state index in [2.05, 4.69) is 11.8 Å². The van der Waals surface area contributed by atoms with Crippen molar-refractivity contribution in [3.8, 4) is 0 Å². The number of rotatable bonds is 11. The van der Waals surface area contributed by atoms with Gasteiger partial charge in [0, 0.05) is 26.6 Å². The molecule has 6 nitrogen and oxygen atoms in total. The third-order valence-electron chi connectivity index (χ3n) is 7.73. The number of unbranched alkanes of at least 4 members (excludes halogenated alkanes) is 2. The van der Waals surface area contributed by atoms with Crippen molar-refractivity contribution in [3.63, 3.8) is 0 Å². The summed E-state index contributed by atoms with van der Waals surface area (Å²) < 4.78 is 5.86. The Kier molecular flexibility index (Phi) is 8.68. The quantitative estimate of drug-likeness (QED) is 0.339. The van der Waals surface area contributed by atoms with Crippen LogP contribution in [0.25, 0.3) is 0 Å². The molecule has 0 atom stereocenters. The molecule has 1 aliphatic carbocycles. The van der Waals surface area contributed by atoms with E-state index < -0.39 is 11.6 Å². The zero-order valence-electron chi connectivity index (χ0n) is 20.9. The Morgan fingerprint density at radius 2 is 1.77 bits per heavy atom. The third kappa shape index (κ3) is 5.98. The Bertz CT molecular complexity index is 910. The van der Waals surface area contributed by atoms with Gasteiger partial charge in [0.2, 0.25) is 11.5 Å². The first-order chi connectivity index (χ1) is 16.9. The molecule has 2 aromatic heterocycles. The van der Waals surface area contributed by atoms with Crippen molar-refractivity contribution < 1.29 is 19.4 Å².